The van der Waals surface area contributed by atoms with Crippen LogP contribution in [-0.2, 0) is 4.79 Å². The smallest absolute Gasteiger partial charge is 0.231 e. The van der Waals surface area contributed by atoms with Crippen LogP contribution in [0.2, 0.25) is 5.02 Å². The summed E-state index contributed by atoms with van der Waals surface area (Å²) < 4.78 is 14.2. The molecule has 0 bridgehead atoms. The van der Waals surface area contributed by atoms with E-state index in [9.17, 15) is 9.18 Å². The van der Waals surface area contributed by atoms with Crippen molar-refractivity contribution < 1.29 is 9.18 Å². The largest absolute Gasteiger partial charge is 0.402 e. The highest BCUT2D eigenvalue weighted by Gasteiger charge is 2.33. The Morgan fingerprint density at radius 3 is 2.59 bits per heavy atom. The molecule has 0 spiro atoms. The van der Waals surface area contributed by atoms with Crippen LogP contribution < -0.4 is 11.1 Å². The van der Waals surface area contributed by atoms with Crippen molar-refractivity contribution in [2.75, 3.05) is 39.3 Å². The molecule has 0 radical (unpaired) electrons. The number of rotatable bonds is 8. The lowest BCUT2D eigenvalue weighted by atomic mass is 9.96. The maximum atomic E-state index is 14.2. The zero-order valence-electron chi connectivity index (χ0n) is 19.9. The molecule has 1 saturated carbocycles. The van der Waals surface area contributed by atoms with Gasteiger partial charge in [-0.1, -0.05) is 31.2 Å². The quantitative estimate of drug-likeness (QED) is 0.431. The SMILES string of the molecule is C=C/N=C(\C1=C(N)CC[C@H]1C)N1CCN(C(=O)[C@H](CNCC2CC2)c2ccc(Cl)c(F)c2)CC1. The molecule has 0 unspecified atom stereocenters. The molecule has 2 atom stereocenters. The molecule has 1 aromatic rings. The Labute approximate surface area is 206 Å². The fraction of sp³-hybridized carbons (Fsp3) is 0.538. The van der Waals surface area contributed by atoms with Gasteiger partial charge in [0, 0.05) is 50.2 Å². The number of hydrogen-bond acceptors (Lipinski definition) is 4. The first-order valence-corrected chi connectivity index (χ1v) is 12.6. The van der Waals surface area contributed by atoms with Crippen molar-refractivity contribution in [2.24, 2.45) is 22.6 Å². The molecule has 184 valence electrons. The first kappa shape index (κ1) is 24.7. The van der Waals surface area contributed by atoms with Gasteiger partial charge in [0.2, 0.25) is 5.91 Å². The molecule has 6 nitrogen and oxygen atoms in total. The van der Waals surface area contributed by atoms with Gasteiger partial charge in [0.15, 0.2) is 0 Å². The van der Waals surface area contributed by atoms with Gasteiger partial charge in [0.25, 0.3) is 0 Å². The first-order chi connectivity index (χ1) is 16.4. The maximum absolute atomic E-state index is 14.2. The van der Waals surface area contributed by atoms with Gasteiger partial charge in [-0.15, -0.1) is 0 Å². The Kier molecular flexibility index (Phi) is 7.94. The van der Waals surface area contributed by atoms with Crippen LogP contribution >= 0.6 is 11.6 Å². The lowest BCUT2D eigenvalue weighted by molar-refractivity contribution is -0.134. The summed E-state index contributed by atoms with van der Waals surface area (Å²) in [5, 5.41) is 3.49. The number of piperazine rings is 1. The number of amides is 1. The summed E-state index contributed by atoms with van der Waals surface area (Å²) in [7, 11) is 0. The number of carbonyl (C=O) groups excluding carboxylic acids is 1. The predicted octanol–water partition coefficient (Wildman–Crippen LogP) is 3.89. The zero-order chi connectivity index (χ0) is 24.2. The molecule has 3 N–H and O–H groups in total. The molecule has 1 aliphatic heterocycles. The van der Waals surface area contributed by atoms with Gasteiger partial charge in [-0.3, -0.25) is 4.79 Å². The molecule has 3 aliphatic rings. The van der Waals surface area contributed by atoms with Crippen molar-refractivity contribution in [1.82, 2.24) is 15.1 Å². The highest BCUT2D eigenvalue weighted by atomic mass is 35.5. The Morgan fingerprint density at radius 1 is 1.29 bits per heavy atom. The Bertz CT molecular complexity index is 981. The second-order valence-corrected chi connectivity index (χ2v) is 10.1. The van der Waals surface area contributed by atoms with Crippen molar-refractivity contribution in [3.8, 4) is 0 Å². The minimum absolute atomic E-state index is 0.0137. The third-order valence-corrected chi connectivity index (χ3v) is 7.46. The first-order valence-electron chi connectivity index (χ1n) is 12.3. The molecule has 34 heavy (non-hydrogen) atoms. The number of nitrogens with one attached hydrogen (secondary N) is 1. The maximum Gasteiger partial charge on any atom is 0.231 e. The number of nitrogens with zero attached hydrogens (tertiary/aromatic N) is 3. The fourth-order valence-electron chi connectivity index (χ4n) is 4.93. The Balaban J connectivity index is 1.45. The summed E-state index contributed by atoms with van der Waals surface area (Å²) in [4.78, 5) is 22.2. The number of benzene rings is 1. The molecule has 2 aliphatic carbocycles. The van der Waals surface area contributed by atoms with E-state index in [1.54, 1.807) is 12.3 Å². The highest BCUT2D eigenvalue weighted by Crippen LogP contribution is 2.32. The number of amidine groups is 1. The van der Waals surface area contributed by atoms with Gasteiger partial charge in [0.05, 0.1) is 10.9 Å². The minimum atomic E-state index is -0.495. The van der Waals surface area contributed by atoms with Gasteiger partial charge in [0.1, 0.15) is 11.7 Å². The fourth-order valence-corrected chi connectivity index (χ4v) is 5.05. The second-order valence-electron chi connectivity index (χ2n) is 9.65. The molecule has 1 amide bonds. The monoisotopic (exact) mass is 487 g/mol. The van der Waals surface area contributed by atoms with Crippen LogP contribution in [0.15, 0.2) is 47.2 Å². The molecular weight excluding hydrogens is 453 g/mol. The van der Waals surface area contributed by atoms with Crippen LogP contribution in [0, 0.1) is 17.7 Å². The number of nitrogens with two attached hydrogens (primary N) is 1. The average Bonchev–Trinajstić information content (AvgIpc) is 3.60. The van der Waals surface area contributed by atoms with Gasteiger partial charge >= 0.3 is 0 Å². The normalized spacial score (nSPS) is 22.3. The molecule has 2 fully saturated rings. The van der Waals surface area contributed by atoms with Crippen LogP contribution in [-0.4, -0.2) is 60.8 Å². The van der Waals surface area contributed by atoms with E-state index in [2.05, 4.69) is 28.7 Å². The lowest BCUT2D eigenvalue weighted by Crippen LogP contribution is -2.53. The molecule has 1 saturated heterocycles. The highest BCUT2D eigenvalue weighted by molar-refractivity contribution is 6.30. The summed E-state index contributed by atoms with van der Waals surface area (Å²) in [6, 6.07) is 4.68. The van der Waals surface area contributed by atoms with E-state index in [0.29, 0.717) is 50.1 Å². The molecular formula is C26H35ClFN5O. The summed E-state index contributed by atoms with van der Waals surface area (Å²) in [5.74, 6) is 1.01. The summed E-state index contributed by atoms with van der Waals surface area (Å²) in [5.41, 5.74) is 8.98. The standard InChI is InChI=1S/C26H35ClFN5O/c1-3-31-25(24-17(2)4-9-23(24)29)32-10-12-33(13-11-32)26(34)20(16-30-15-18-5-6-18)19-7-8-21(27)22(28)14-19/h3,7-8,14,17-18,20,30H,1,4-6,9-13,15-16,29H2,2H3/b31-25+/t17-,20-/m1/s1. The van der Waals surface area contributed by atoms with E-state index >= 15 is 0 Å². The molecule has 8 heteroatoms. The molecule has 1 aromatic carbocycles. The van der Waals surface area contributed by atoms with E-state index in [1.165, 1.54) is 25.0 Å². The van der Waals surface area contributed by atoms with E-state index in [0.717, 1.165) is 36.5 Å². The third kappa shape index (κ3) is 5.63. The van der Waals surface area contributed by atoms with Crippen LogP contribution in [0.1, 0.15) is 44.1 Å². The summed E-state index contributed by atoms with van der Waals surface area (Å²) in [6.07, 6.45) is 5.95. The Hall–Kier alpha value is -2.38. The molecule has 4 rings (SSSR count). The number of halogens is 2. The van der Waals surface area contributed by atoms with Crippen molar-refractivity contribution >= 4 is 23.3 Å². The van der Waals surface area contributed by atoms with E-state index in [1.807, 2.05) is 4.90 Å². The number of aliphatic imine (C=N–C) groups is 1. The van der Waals surface area contributed by atoms with Crippen LogP contribution in [0.25, 0.3) is 0 Å². The molecule has 1 heterocycles. The van der Waals surface area contributed by atoms with Gasteiger partial charge in [-0.2, -0.15) is 0 Å². The van der Waals surface area contributed by atoms with Gasteiger partial charge in [-0.25, -0.2) is 9.38 Å². The van der Waals surface area contributed by atoms with E-state index in [-0.39, 0.29) is 10.9 Å². The van der Waals surface area contributed by atoms with Crippen molar-refractivity contribution in [1.29, 1.82) is 0 Å². The average molecular weight is 488 g/mol. The number of hydrogen-bond donors (Lipinski definition) is 2. The van der Waals surface area contributed by atoms with Crippen molar-refractivity contribution in [3.63, 3.8) is 0 Å². The third-order valence-electron chi connectivity index (χ3n) is 7.15. The van der Waals surface area contributed by atoms with Crippen LogP contribution in [0.5, 0.6) is 0 Å². The van der Waals surface area contributed by atoms with E-state index < -0.39 is 11.7 Å². The Morgan fingerprint density at radius 2 is 2.00 bits per heavy atom. The lowest BCUT2D eigenvalue weighted by Gasteiger charge is -2.38. The van der Waals surface area contributed by atoms with Crippen molar-refractivity contribution in [2.45, 2.75) is 38.5 Å². The predicted molar refractivity (Wildman–Crippen MR) is 135 cm³/mol. The second kappa shape index (κ2) is 10.9. The zero-order valence-corrected chi connectivity index (χ0v) is 20.7. The summed E-state index contributed by atoms with van der Waals surface area (Å²) >= 11 is 5.89. The molecule has 0 aromatic heterocycles. The van der Waals surface area contributed by atoms with Crippen LogP contribution in [0.4, 0.5) is 4.39 Å². The van der Waals surface area contributed by atoms with Crippen molar-refractivity contribution in [3.05, 3.63) is 58.7 Å². The van der Waals surface area contributed by atoms with Crippen LogP contribution in [0.3, 0.4) is 0 Å². The minimum Gasteiger partial charge on any atom is -0.402 e. The summed E-state index contributed by atoms with van der Waals surface area (Å²) in [6.45, 7) is 9.83. The number of carbonyl (C=O) groups is 1. The topological polar surface area (TPSA) is 74.0 Å². The van der Waals surface area contributed by atoms with Gasteiger partial charge in [-0.05, 0) is 61.8 Å². The van der Waals surface area contributed by atoms with Gasteiger partial charge < -0.3 is 20.9 Å². The van der Waals surface area contributed by atoms with E-state index in [4.69, 9.17) is 17.3 Å². The number of allylic oxidation sites excluding steroid dienone is 1.